The van der Waals surface area contributed by atoms with Crippen molar-refractivity contribution in [2.75, 3.05) is 6.61 Å². The summed E-state index contributed by atoms with van der Waals surface area (Å²) < 4.78 is 11.7. The molecule has 0 saturated heterocycles. The van der Waals surface area contributed by atoms with Gasteiger partial charge in [0, 0.05) is 11.8 Å². The molecule has 2 heterocycles. The molecule has 0 aliphatic carbocycles. The zero-order valence-electron chi connectivity index (χ0n) is 22.3. The van der Waals surface area contributed by atoms with Gasteiger partial charge >= 0.3 is 5.97 Å². The molecule has 1 aromatic heterocycles. The minimum atomic E-state index is -1.29. The highest BCUT2D eigenvalue weighted by Crippen LogP contribution is 2.33. The van der Waals surface area contributed by atoms with Gasteiger partial charge in [-0.25, -0.2) is 4.98 Å². The number of allylic oxidation sites excluding steroid dienone is 1. The summed E-state index contributed by atoms with van der Waals surface area (Å²) in [6.45, 7) is 14.8. The average Bonchev–Trinajstić information content (AvgIpc) is 3.22. The van der Waals surface area contributed by atoms with Crippen molar-refractivity contribution >= 4 is 29.2 Å². The van der Waals surface area contributed by atoms with Crippen molar-refractivity contribution in [3.63, 3.8) is 0 Å². The summed E-state index contributed by atoms with van der Waals surface area (Å²) in [6, 6.07) is 0. The van der Waals surface area contributed by atoms with E-state index in [1.165, 1.54) is 0 Å². The fourth-order valence-corrected chi connectivity index (χ4v) is 4.75. The topological polar surface area (TPSA) is 106 Å². The molecule has 0 spiro atoms. The summed E-state index contributed by atoms with van der Waals surface area (Å²) >= 11 is 1.55. The molecule has 36 heavy (non-hydrogen) atoms. The molecule has 1 aliphatic rings. The van der Waals surface area contributed by atoms with Crippen molar-refractivity contribution in [2.24, 2.45) is 11.3 Å². The number of aryl methyl sites for hydroxylation is 1. The lowest BCUT2D eigenvalue weighted by Crippen LogP contribution is -2.48. The van der Waals surface area contributed by atoms with Crippen molar-refractivity contribution in [1.29, 1.82) is 0 Å². The van der Waals surface area contributed by atoms with Gasteiger partial charge in [-0.2, -0.15) is 0 Å². The molecular formula is C28H41NO6S. The number of Topliss-reactive ketones (excluding diaryl/α,β-unsaturated/α-hetero) is 1. The first kappa shape index (κ1) is 30.1. The number of carbonyl (C=O) groups is 2. The fraction of sp³-hybridized carbons (Fsp3) is 0.607. The molecule has 0 unspecified atom stereocenters. The highest BCUT2D eigenvalue weighted by Gasteiger charge is 2.43. The molecule has 0 amide bonds. The number of esters is 1. The van der Waals surface area contributed by atoms with Crippen LogP contribution in [-0.2, 0) is 19.1 Å². The minimum Gasteiger partial charge on any atom is -0.457 e. The number of ketones is 1. The van der Waals surface area contributed by atoms with E-state index in [1.807, 2.05) is 38.3 Å². The predicted molar refractivity (Wildman–Crippen MR) is 143 cm³/mol. The number of carbonyl (C=O) groups excluding carboxylic acids is 2. The normalized spacial score (nSPS) is 30.8. The van der Waals surface area contributed by atoms with Crippen molar-refractivity contribution in [2.45, 2.75) is 91.6 Å². The van der Waals surface area contributed by atoms with Crippen LogP contribution in [-0.4, -0.2) is 58.0 Å². The zero-order chi connectivity index (χ0) is 27.0. The maximum atomic E-state index is 13.5. The van der Waals surface area contributed by atoms with Crippen LogP contribution < -0.4 is 0 Å². The Hall–Kier alpha value is -2.13. The molecular weight excluding hydrogens is 478 g/mol. The second-order valence-corrected chi connectivity index (χ2v) is 11.3. The van der Waals surface area contributed by atoms with Gasteiger partial charge in [-0.15, -0.1) is 17.9 Å². The van der Waals surface area contributed by atoms with Gasteiger partial charge < -0.3 is 19.7 Å². The molecule has 0 fully saturated rings. The van der Waals surface area contributed by atoms with Crippen LogP contribution in [0.1, 0.15) is 71.0 Å². The summed E-state index contributed by atoms with van der Waals surface area (Å²) in [5.74, 6) is -1.76. The Balaban J connectivity index is 2.37. The average molecular weight is 520 g/mol. The number of cyclic esters (lactones) is 1. The largest absolute Gasteiger partial charge is 0.457 e. The van der Waals surface area contributed by atoms with Crippen molar-refractivity contribution in [3.05, 3.63) is 46.0 Å². The minimum absolute atomic E-state index is 0.232. The van der Waals surface area contributed by atoms with Gasteiger partial charge in [0.1, 0.15) is 11.9 Å². The van der Waals surface area contributed by atoms with Crippen LogP contribution in [0.5, 0.6) is 0 Å². The molecule has 1 aliphatic heterocycles. The summed E-state index contributed by atoms with van der Waals surface area (Å²) in [4.78, 5) is 30.8. The summed E-state index contributed by atoms with van der Waals surface area (Å²) in [5, 5.41) is 24.7. The van der Waals surface area contributed by atoms with Gasteiger partial charge in [-0.05, 0) is 52.2 Å². The number of nitrogens with zero attached hydrogens (tertiary/aromatic N) is 1. The van der Waals surface area contributed by atoms with Crippen molar-refractivity contribution in [1.82, 2.24) is 4.98 Å². The Kier molecular flexibility index (Phi) is 11.2. The van der Waals surface area contributed by atoms with Crippen LogP contribution in [0, 0.1) is 18.3 Å². The first-order valence-corrected chi connectivity index (χ1v) is 13.3. The Morgan fingerprint density at radius 2 is 2.00 bits per heavy atom. The van der Waals surface area contributed by atoms with Crippen LogP contribution in [0.3, 0.4) is 0 Å². The number of aliphatic hydroxyl groups is 2. The number of hydrogen-bond donors (Lipinski definition) is 2. The van der Waals surface area contributed by atoms with E-state index in [0.29, 0.717) is 19.4 Å². The van der Waals surface area contributed by atoms with Crippen molar-refractivity contribution < 1.29 is 29.3 Å². The Morgan fingerprint density at radius 1 is 1.31 bits per heavy atom. The predicted octanol–water partition coefficient (Wildman–Crippen LogP) is 4.81. The maximum absolute atomic E-state index is 13.5. The number of aromatic nitrogens is 1. The first-order chi connectivity index (χ1) is 16.9. The fourth-order valence-electron chi connectivity index (χ4n) is 4.18. The number of rotatable bonds is 4. The van der Waals surface area contributed by atoms with Gasteiger partial charge in [0.05, 0.1) is 53.4 Å². The molecule has 0 saturated carbocycles. The third kappa shape index (κ3) is 8.20. The number of ether oxygens (including phenoxy) is 2. The zero-order valence-corrected chi connectivity index (χ0v) is 23.1. The maximum Gasteiger partial charge on any atom is 0.309 e. The van der Waals surface area contributed by atoms with Gasteiger partial charge in [0.25, 0.3) is 0 Å². The van der Waals surface area contributed by atoms with Gasteiger partial charge in [-0.1, -0.05) is 31.6 Å². The monoisotopic (exact) mass is 519 g/mol. The molecule has 0 radical (unpaired) electrons. The standard InChI is InChI=1S/C28H41NO6S/c1-8-9-22-26(32)19(4)34-13-12-17(2)10-11-23(18(3)14-21-16-36-20(5)29-21)35-25(31)15-24(30)28(6,7)27(22)33/h8,10,14,16,19,22-24,26,30,32H,1,9,11-13,15H2,2-7H3/b17-10-,18-14+/t19-,22-,23+,24+,26-/m1/s1. The molecule has 7 nitrogen and oxygen atoms in total. The molecule has 2 rings (SSSR count). The number of thiazole rings is 1. The van der Waals surface area contributed by atoms with Crippen LogP contribution >= 0.6 is 11.3 Å². The molecule has 5 atom stereocenters. The molecule has 8 heteroatoms. The van der Waals surface area contributed by atoms with E-state index in [1.54, 1.807) is 38.2 Å². The third-order valence-corrected chi connectivity index (χ3v) is 7.62. The van der Waals surface area contributed by atoms with Crippen LogP contribution in [0.25, 0.3) is 6.08 Å². The Morgan fingerprint density at radius 3 is 2.61 bits per heavy atom. The highest BCUT2D eigenvalue weighted by molar-refractivity contribution is 7.09. The van der Waals surface area contributed by atoms with Crippen LogP contribution in [0.15, 0.2) is 35.3 Å². The van der Waals surface area contributed by atoms with Gasteiger partial charge in [0.2, 0.25) is 0 Å². The second kappa shape index (κ2) is 13.4. The summed E-state index contributed by atoms with van der Waals surface area (Å²) in [6.07, 6.45) is 2.99. The molecule has 2 N–H and O–H groups in total. The molecule has 200 valence electrons. The van der Waals surface area contributed by atoms with Gasteiger partial charge in [-0.3, -0.25) is 9.59 Å². The van der Waals surface area contributed by atoms with Crippen molar-refractivity contribution in [3.8, 4) is 0 Å². The molecule has 0 bridgehead atoms. The summed E-state index contributed by atoms with van der Waals surface area (Å²) in [7, 11) is 0. The van der Waals surface area contributed by atoms with E-state index in [9.17, 15) is 19.8 Å². The van der Waals surface area contributed by atoms with E-state index in [0.717, 1.165) is 21.8 Å². The smallest absolute Gasteiger partial charge is 0.309 e. The Labute approximate surface area is 218 Å². The van der Waals surface area contributed by atoms with E-state index in [2.05, 4.69) is 11.6 Å². The van der Waals surface area contributed by atoms with Crippen LogP contribution in [0.2, 0.25) is 0 Å². The third-order valence-electron chi connectivity index (χ3n) is 6.83. The quantitative estimate of drug-likeness (QED) is 0.434. The lowest BCUT2D eigenvalue weighted by molar-refractivity contribution is -0.155. The van der Waals surface area contributed by atoms with Gasteiger partial charge in [0.15, 0.2) is 0 Å². The van der Waals surface area contributed by atoms with E-state index >= 15 is 0 Å². The lowest BCUT2D eigenvalue weighted by atomic mass is 9.72. The lowest BCUT2D eigenvalue weighted by Gasteiger charge is -2.35. The SMILES string of the molecule is C=CC[C@H]1C(=O)C(C)(C)[C@@H](O)CC(=O)O[C@H](/C(C)=C/c2csc(C)n2)C/C=C(/C)CCO[C@H](C)[C@H]1O. The van der Waals surface area contributed by atoms with Crippen LogP contribution in [0.4, 0.5) is 0 Å². The van der Waals surface area contributed by atoms with E-state index < -0.39 is 41.7 Å². The van der Waals surface area contributed by atoms with E-state index in [4.69, 9.17) is 9.47 Å². The molecule has 1 aromatic rings. The number of hydrogen-bond acceptors (Lipinski definition) is 8. The molecule has 0 aromatic carbocycles. The summed E-state index contributed by atoms with van der Waals surface area (Å²) in [5.41, 5.74) is 1.41. The highest BCUT2D eigenvalue weighted by atomic mass is 32.1. The Bertz CT molecular complexity index is 978. The second-order valence-electron chi connectivity index (χ2n) is 10.2. The number of aliphatic hydroxyl groups excluding tert-OH is 2. The first-order valence-electron chi connectivity index (χ1n) is 12.4. The van der Waals surface area contributed by atoms with E-state index in [-0.39, 0.29) is 18.6 Å².